The molecule has 33 heavy (non-hydrogen) atoms. The lowest BCUT2D eigenvalue weighted by Gasteiger charge is -2.63. The van der Waals surface area contributed by atoms with Gasteiger partial charge in [-0.3, -0.25) is 4.79 Å². The van der Waals surface area contributed by atoms with Gasteiger partial charge in [-0.05, 0) is 97.9 Å². The molecule has 3 heteroatoms. The van der Waals surface area contributed by atoms with Crippen LogP contribution in [0.3, 0.4) is 0 Å². The van der Waals surface area contributed by atoms with Crippen LogP contribution in [0.15, 0.2) is 23.3 Å². The van der Waals surface area contributed by atoms with E-state index < -0.39 is 0 Å². The average Bonchev–Trinajstić information content (AvgIpc) is 3.20. The van der Waals surface area contributed by atoms with E-state index in [1.54, 1.807) is 5.57 Å². The Morgan fingerprint density at radius 2 is 1.79 bits per heavy atom. The highest BCUT2D eigenvalue weighted by Crippen LogP contribution is 2.73. The maximum atomic E-state index is 12.8. The van der Waals surface area contributed by atoms with Crippen molar-refractivity contribution in [3.63, 3.8) is 0 Å². The molecular weight excluding hydrogens is 408 g/mol. The van der Waals surface area contributed by atoms with Crippen molar-refractivity contribution in [2.75, 3.05) is 0 Å². The summed E-state index contributed by atoms with van der Waals surface area (Å²) in [7, 11) is 0. The molecule has 0 amide bonds. The number of carbonyl (C=O) groups is 2. The van der Waals surface area contributed by atoms with E-state index in [-0.39, 0.29) is 28.3 Å². The molecule has 1 aliphatic heterocycles. The van der Waals surface area contributed by atoms with Crippen LogP contribution in [0.4, 0.5) is 0 Å². The number of esters is 1. The predicted molar refractivity (Wildman–Crippen MR) is 131 cm³/mol. The Morgan fingerprint density at radius 3 is 2.45 bits per heavy atom. The summed E-state index contributed by atoms with van der Waals surface area (Å²) in [6, 6.07) is 0. The molecule has 5 rings (SSSR count). The molecule has 0 bridgehead atoms. The van der Waals surface area contributed by atoms with Gasteiger partial charge in [0, 0.05) is 17.4 Å². The summed E-state index contributed by atoms with van der Waals surface area (Å²) in [5, 5.41) is 0. The van der Waals surface area contributed by atoms with Gasteiger partial charge >= 0.3 is 5.97 Å². The molecule has 4 aliphatic carbocycles. The monoisotopic (exact) mass is 452 g/mol. The topological polar surface area (TPSA) is 43.4 Å². The Kier molecular flexibility index (Phi) is 5.18. The molecule has 182 valence electrons. The molecule has 0 N–H and O–H groups in total. The highest BCUT2D eigenvalue weighted by Gasteiger charge is 2.65. The number of Topliss-reactive ketones (excluding diaryl/α,β-unsaturated/α-hetero) is 1. The van der Waals surface area contributed by atoms with Crippen LogP contribution in [0.1, 0.15) is 99.8 Å². The number of allylic oxidation sites excluding steroid dienone is 2. The second kappa shape index (κ2) is 7.31. The Balaban J connectivity index is 1.43. The summed E-state index contributed by atoms with van der Waals surface area (Å²) in [6.07, 6.45) is 13.5. The fourth-order valence-electron chi connectivity index (χ4n) is 9.72. The van der Waals surface area contributed by atoms with E-state index in [0.29, 0.717) is 34.9 Å². The number of carbonyl (C=O) groups excluding carboxylic acids is 2. The molecule has 0 aromatic rings. The van der Waals surface area contributed by atoms with Gasteiger partial charge in [-0.25, -0.2) is 4.79 Å². The summed E-state index contributed by atoms with van der Waals surface area (Å²) < 4.78 is 5.61. The molecule has 3 nitrogen and oxygen atoms in total. The normalized spacial score (nSPS) is 47.1. The van der Waals surface area contributed by atoms with E-state index in [1.165, 1.54) is 25.7 Å². The molecule has 3 saturated carbocycles. The molecule has 1 heterocycles. The van der Waals surface area contributed by atoms with Gasteiger partial charge in [-0.15, -0.1) is 0 Å². The van der Waals surface area contributed by atoms with Gasteiger partial charge < -0.3 is 4.74 Å². The number of fused-ring (bicyclic) bond motifs is 5. The van der Waals surface area contributed by atoms with Gasteiger partial charge in [0.2, 0.25) is 0 Å². The van der Waals surface area contributed by atoms with Gasteiger partial charge in [0.1, 0.15) is 11.9 Å². The van der Waals surface area contributed by atoms with Crippen LogP contribution < -0.4 is 0 Å². The van der Waals surface area contributed by atoms with Crippen LogP contribution >= 0.6 is 0 Å². The first-order valence-corrected chi connectivity index (χ1v) is 13.5. The third-order valence-electron chi connectivity index (χ3n) is 12.0. The number of rotatable bonds is 3. The van der Waals surface area contributed by atoms with Gasteiger partial charge in [-0.1, -0.05) is 53.2 Å². The fraction of sp³-hybridized carbons (Fsp3) is 0.800. The number of ether oxygens (including phenoxy) is 1. The van der Waals surface area contributed by atoms with E-state index in [4.69, 9.17) is 4.74 Å². The standard InChI is InChI=1S/C30H44O3/c1-18(16-20-17-19(2)26(32)33-20)21-10-14-30(7)23-8-9-24-27(3,4)25(31)12-13-28(24,5)22(23)11-15-29(21,30)6/h8,17-18,20-22,24H,9-16H2,1-7H3/t18-,20?,21-,22-,24+,28-,29-,30+/m1/s1. The summed E-state index contributed by atoms with van der Waals surface area (Å²) in [5.41, 5.74) is 3.08. The SMILES string of the molecule is CC1=CC(C[C@@H](C)[C@H]2CC[C@@]3(C)C4=CC[C@H]5C(C)(C)C(=O)CC[C@]5(C)[C@@H]4CC[C@]23C)OC1=O. The molecule has 0 aromatic heterocycles. The Morgan fingerprint density at radius 1 is 1.06 bits per heavy atom. The molecule has 3 fully saturated rings. The van der Waals surface area contributed by atoms with Crippen molar-refractivity contribution in [1.82, 2.24) is 0 Å². The smallest absolute Gasteiger partial charge is 0.334 e. The van der Waals surface area contributed by atoms with Crippen molar-refractivity contribution >= 4 is 11.8 Å². The first-order chi connectivity index (χ1) is 15.3. The number of cyclic esters (lactones) is 1. The Bertz CT molecular complexity index is 940. The van der Waals surface area contributed by atoms with Crippen molar-refractivity contribution in [2.45, 2.75) is 106 Å². The van der Waals surface area contributed by atoms with Crippen molar-refractivity contribution in [2.24, 2.45) is 45.3 Å². The average molecular weight is 453 g/mol. The van der Waals surface area contributed by atoms with Gasteiger partial charge in [0.05, 0.1) is 0 Å². The third kappa shape index (κ3) is 3.05. The van der Waals surface area contributed by atoms with Crippen LogP contribution in [0, 0.1) is 45.3 Å². The van der Waals surface area contributed by atoms with Gasteiger partial charge in [-0.2, -0.15) is 0 Å². The highest BCUT2D eigenvalue weighted by molar-refractivity contribution is 5.90. The molecule has 0 spiro atoms. The molecule has 0 saturated heterocycles. The van der Waals surface area contributed by atoms with E-state index >= 15 is 0 Å². The van der Waals surface area contributed by atoms with Crippen LogP contribution in [0.5, 0.6) is 0 Å². The number of hydrogen-bond donors (Lipinski definition) is 0. The van der Waals surface area contributed by atoms with Crippen LogP contribution in [0.2, 0.25) is 0 Å². The van der Waals surface area contributed by atoms with E-state index in [9.17, 15) is 9.59 Å². The first kappa shape index (κ1) is 23.4. The molecule has 8 atom stereocenters. The summed E-state index contributed by atoms with van der Waals surface area (Å²) in [6.45, 7) is 16.3. The zero-order valence-corrected chi connectivity index (χ0v) is 21.9. The Labute approximate surface area is 200 Å². The molecule has 5 aliphatic rings. The van der Waals surface area contributed by atoms with Crippen molar-refractivity contribution in [3.05, 3.63) is 23.3 Å². The predicted octanol–water partition coefficient (Wildman–Crippen LogP) is 7.06. The largest absolute Gasteiger partial charge is 0.455 e. The molecular formula is C30H44O3. The van der Waals surface area contributed by atoms with E-state index in [2.05, 4.69) is 47.6 Å². The highest BCUT2D eigenvalue weighted by atomic mass is 16.5. The summed E-state index contributed by atoms with van der Waals surface area (Å²) in [5.74, 6) is 2.62. The number of hydrogen-bond acceptors (Lipinski definition) is 3. The van der Waals surface area contributed by atoms with Gasteiger partial charge in [0.15, 0.2) is 0 Å². The lowest BCUT2D eigenvalue weighted by Crippen LogP contribution is -2.57. The van der Waals surface area contributed by atoms with E-state index in [1.807, 2.05) is 13.0 Å². The zero-order chi connectivity index (χ0) is 24.0. The van der Waals surface area contributed by atoms with Crippen LogP contribution in [-0.2, 0) is 14.3 Å². The zero-order valence-electron chi connectivity index (χ0n) is 21.9. The lowest BCUT2D eigenvalue weighted by atomic mass is 9.41. The minimum Gasteiger partial charge on any atom is -0.455 e. The lowest BCUT2D eigenvalue weighted by molar-refractivity contribution is -0.146. The van der Waals surface area contributed by atoms with Crippen LogP contribution in [0.25, 0.3) is 0 Å². The quantitative estimate of drug-likeness (QED) is 0.340. The van der Waals surface area contributed by atoms with Crippen LogP contribution in [-0.4, -0.2) is 17.9 Å². The van der Waals surface area contributed by atoms with Crippen molar-refractivity contribution in [1.29, 1.82) is 0 Å². The summed E-state index contributed by atoms with van der Waals surface area (Å²) in [4.78, 5) is 24.7. The maximum absolute atomic E-state index is 12.8. The molecule has 1 unspecified atom stereocenters. The van der Waals surface area contributed by atoms with Crippen molar-refractivity contribution < 1.29 is 14.3 Å². The second-order valence-corrected chi connectivity index (χ2v) is 13.6. The van der Waals surface area contributed by atoms with Gasteiger partial charge in [0.25, 0.3) is 0 Å². The number of ketones is 1. The minimum atomic E-state index is -0.201. The fourth-order valence-corrected chi connectivity index (χ4v) is 9.72. The minimum absolute atomic E-state index is 0.0464. The molecule has 0 aromatic carbocycles. The Hall–Kier alpha value is -1.38. The first-order valence-electron chi connectivity index (χ1n) is 13.5. The second-order valence-electron chi connectivity index (χ2n) is 13.6. The third-order valence-corrected chi connectivity index (χ3v) is 12.0. The summed E-state index contributed by atoms with van der Waals surface area (Å²) >= 11 is 0. The van der Waals surface area contributed by atoms with Crippen molar-refractivity contribution in [3.8, 4) is 0 Å². The maximum Gasteiger partial charge on any atom is 0.334 e. The van der Waals surface area contributed by atoms with E-state index in [0.717, 1.165) is 31.3 Å². The molecule has 0 radical (unpaired) electrons.